The minimum Gasteiger partial charge on any atom is -0.0682 e. The van der Waals surface area contributed by atoms with Crippen molar-refractivity contribution < 1.29 is 0 Å². The Balaban J connectivity index is 1.82. The van der Waals surface area contributed by atoms with Crippen molar-refractivity contribution in [3.05, 3.63) is 87.8 Å². The predicted molar refractivity (Wildman–Crippen MR) is 93.7 cm³/mol. The lowest BCUT2D eigenvalue weighted by atomic mass is 9.80. The highest BCUT2D eigenvalue weighted by Gasteiger charge is 2.20. The van der Waals surface area contributed by atoms with Crippen LogP contribution in [0.3, 0.4) is 0 Å². The average molecular weight is 280 g/mol. The number of benzene rings is 3. The first kappa shape index (κ1) is 12.0. The van der Waals surface area contributed by atoms with E-state index in [9.17, 15) is 0 Å². The first-order chi connectivity index (χ1) is 10.9. The first-order valence-corrected chi connectivity index (χ1v) is 7.89. The Labute approximate surface area is 129 Å². The van der Waals surface area contributed by atoms with Gasteiger partial charge in [0.2, 0.25) is 0 Å². The van der Waals surface area contributed by atoms with Crippen LogP contribution in [0.2, 0.25) is 0 Å². The molecular formula is C22H16. The maximum atomic E-state index is 2.47. The number of fused-ring (bicyclic) bond motifs is 5. The van der Waals surface area contributed by atoms with Crippen molar-refractivity contribution in [1.82, 2.24) is 0 Å². The summed E-state index contributed by atoms with van der Waals surface area (Å²) in [4.78, 5) is 0. The van der Waals surface area contributed by atoms with Crippen LogP contribution in [0.15, 0.2) is 66.2 Å². The highest BCUT2D eigenvalue weighted by atomic mass is 14.2. The third kappa shape index (κ3) is 1.70. The smallest absolute Gasteiger partial charge is 0.00684 e. The molecule has 0 fully saturated rings. The lowest BCUT2D eigenvalue weighted by Gasteiger charge is -2.24. The summed E-state index contributed by atoms with van der Waals surface area (Å²) in [5.74, 6) is 0.508. The molecule has 0 aromatic heterocycles. The number of hydrogen-bond acceptors (Lipinski definition) is 0. The molecule has 3 aromatic rings. The predicted octanol–water partition coefficient (Wildman–Crippen LogP) is 3.67. The van der Waals surface area contributed by atoms with E-state index < -0.39 is 0 Å². The number of hydrogen-bond donors (Lipinski definition) is 0. The second-order valence-electron chi connectivity index (χ2n) is 6.25. The summed E-state index contributed by atoms with van der Waals surface area (Å²) < 4.78 is 0. The Kier molecular flexibility index (Phi) is 2.42. The summed E-state index contributed by atoms with van der Waals surface area (Å²) in [5, 5.41) is 5.45. The minimum atomic E-state index is 0.508. The zero-order chi connectivity index (χ0) is 14.5. The van der Waals surface area contributed by atoms with Crippen molar-refractivity contribution >= 4 is 29.0 Å². The molecule has 0 heterocycles. The molecule has 0 N–H and O–H groups in total. The quantitative estimate of drug-likeness (QED) is 0.589. The molecule has 1 atom stereocenters. The molecule has 1 unspecified atom stereocenters. The second kappa shape index (κ2) is 4.45. The van der Waals surface area contributed by atoms with Crippen molar-refractivity contribution in [1.29, 1.82) is 0 Å². The van der Waals surface area contributed by atoms with E-state index in [-0.39, 0.29) is 0 Å². The molecule has 0 bridgehead atoms. The monoisotopic (exact) mass is 280 g/mol. The number of rotatable bonds is 0. The van der Waals surface area contributed by atoms with E-state index in [0.717, 1.165) is 6.42 Å². The first-order valence-electron chi connectivity index (χ1n) is 7.89. The lowest BCUT2D eigenvalue weighted by molar-refractivity contribution is 0.805. The number of allylic oxidation sites excluding steroid dienone is 1. The van der Waals surface area contributed by atoms with Crippen molar-refractivity contribution in [2.75, 3.05) is 0 Å². The molecule has 0 amide bonds. The van der Waals surface area contributed by atoms with Crippen LogP contribution in [0.25, 0.3) is 29.0 Å². The van der Waals surface area contributed by atoms with Gasteiger partial charge in [-0.25, -0.2) is 0 Å². The molecule has 0 radical (unpaired) electrons. The van der Waals surface area contributed by atoms with E-state index >= 15 is 0 Å². The topological polar surface area (TPSA) is 0 Å². The average Bonchev–Trinajstić information content (AvgIpc) is 2.58. The van der Waals surface area contributed by atoms with Crippen LogP contribution in [0, 0.1) is 5.92 Å². The van der Waals surface area contributed by atoms with E-state index in [2.05, 4.69) is 78.9 Å². The van der Waals surface area contributed by atoms with E-state index in [1.54, 1.807) is 0 Å². The van der Waals surface area contributed by atoms with Crippen LogP contribution >= 0.6 is 0 Å². The summed E-state index contributed by atoms with van der Waals surface area (Å²) in [6, 6.07) is 21.9. The fourth-order valence-electron chi connectivity index (χ4n) is 3.81. The molecule has 5 rings (SSSR count). The minimum absolute atomic E-state index is 0.508. The van der Waals surface area contributed by atoms with Crippen LogP contribution in [-0.2, 0) is 6.42 Å². The highest BCUT2D eigenvalue weighted by Crippen LogP contribution is 2.31. The molecule has 0 aliphatic heterocycles. The Morgan fingerprint density at radius 2 is 1.64 bits per heavy atom. The van der Waals surface area contributed by atoms with Gasteiger partial charge >= 0.3 is 0 Å². The fraction of sp³-hybridized carbons (Fsp3) is 0.0909. The maximum Gasteiger partial charge on any atom is 0.00684 e. The fourth-order valence-corrected chi connectivity index (χ4v) is 3.81. The van der Waals surface area contributed by atoms with Gasteiger partial charge in [0, 0.05) is 5.92 Å². The Bertz CT molecular complexity index is 1050. The summed E-state index contributed by atoms with van der Waals surface area (Å²) in [7, 11) is 0. The zero-order valence-corrected chi connectivity index (χ0v) is 12.3. The third-order valence-electron chi connectivity index (χ3n) is 4.94. The van der Waals surface area contributed by atoms with E-state index in [0.29, 0.717) is 5.92 Å². The molecule has 2 aliphatic carbocycles. The highest BCUT2D eigenvalue weighted by molar-refractivity contribution is 5.86. The van der Waals surface area contributed by atoms with Gasteiger partial charge in [-0.2, -0.15) is 0 Å². The van der Waals surface area contributed by atoms with Crippen LogP contribution in [0.5, 0.6) is 0 Å². The molecule has 0 heteroatoms. The van der Waals surface area contributed by atoms with Gasteiger partial charge in [-0.3, -0.25) is 0 Å². The molecule has 22 heavy (non-hydrogen) atoms. The van der Waals surface area contributed by atoms with Gasteiger partial charge in [0.1, 0.15) is 0 Å². The molecule has 2 aliphatic rings. The Morgan fingerprint density at radius 1 is 0.773 bits per heavy atom. The van der Waals surface area contributed by atoms with Crippen molar-refractivity contribution in [2.24, 2.45) is 5.92 Å². The largest absolute Gasteiger partial charge is 0.0682 e. The van der Waals surface area contributed by atoms with Gasteiger partial charge < -0.3 is 0 Å². The summed E-state index contributed by atoms with van der Waals surface area (Å²) in [6.45, 7) is 0. The van der Waals surface area contributed by atoms with Crippen molar-refractivity contribution in [3.8, 4) is 0 Å². The molecule has 3 aromatic carbocycles. The van der Waals surface area contributed by atoms with Crippen LogP contribution in [0.1, 0.15) is 11.1 Å². The summed E-state index contributed by atoms with van der Waals surface area (Å²) in [5.41, 5.74) is 4.29. The van der Waals surface area contributed by atoms with Crippen molar-refractivity contribution in [3.63, 3.8) is 0 Å². The molecule has 104 valence electrons. The van der Waals surface area contributed by atoms with Gasteiger partial charge in [-0.05, 0) is 44.3 Å². The van der Waals surface area contributed by atoms with Gasteiger partial charge in [-0.1, -0.05) is 78.9 Å². The van der Waals surface area contributed by atoms with E-state index in [1.165, 1.54) is 37.9 Å². The van der Waals surface area contributed by atoms with Crippen LogP contribution in [-0.4, -0.2) is 0 Å². The van der Waals surface area contributed by atoms with Crippen LogP contribution in [0.4, 0.5) is 0 Å². The SMILES string of the molecule is C1=C2C=c3ccc4ccccc4c3=CC2Cc2ccccc21. The van der Waals surface area contributed by atoms with Gasteiger partial charge in [0.15, 0.2) is 0 Å². The molecular weight excluding hydrogens is 264 g/mol. The molecule has 0 nitrogen and oxygen atoms in total. The van der Waals surface area contributed by atoms with E-state index in [4.69, 9.17) is 0 Å². The van der Waals surface area contributed by atoms with E-state index in [1.807, 2.05) is 0 Å². The van der Waals surface area contributed by atoms with Crippen molar-refractivity contribution in [2.45, 2.75) is 6.42 Å². The molecule has 0 spiro atoms. The third-order valence-corrected chi connectivity index (χ3v) is 4.94. The maximum absolute atomic E-state index is 2.47. The molecule has 0 saturated carbocycles. The molecule has 0 saturated heterocycles. The summed E-state index contributed by atoms with van der Waals surface area (Å²) in [6.07, 6.45) is 8.32. The Morgan fingerprint density at radius 3 is 2.64 bits per heavy atom. The standard InChI is InChI=1S/C22H16/c1-2-7-17-12-20-14-22-18(13-19(20)11-16(17)6-1)10-9-15-5-3-4-8-21(15)22/h1-11,13-14,20H,12H2. The Hall–Kier alpha value is -2.60. The van der Waals surface area contributed by atoms with Gasteiger partial charge in [0.25, 0.3) is 0 Å². The lowest BCUT2D eigenvalue weighted by Crippen LogP contribution is -2.31. The second-order valence-corrected chi connectivity index (χ2v) is 6.25. The normalized spacial score (nSPS) is 18.4. The van der Waals surface area contributed by atoms with Gasteiger partial charge in [0.05, 0.1) is 0 Å². The zero-order valence-electron chi connectivity index (χ0n) is 12.3. The van der Waals surface area contributed by atoms with Gasteiger partial charge in [-0.15, -0.1) is 0 Å². The van der Waals surface area contributed by atoms with Crippen LogP contribution < -0.4 is 10.4 Å². The summed E-state index contributed by atoms with van der Waals surface area (Å²) >= 11 is 0.